The van der Waals surface area contributed by atoms with E-state index in [0.29, 0.717) is 28.7 Å². The van der Waals surface area contributed by atoms with Crippen LogP contribution in [0.25, 0.3) is 16.8 Å². The molecule has 0 unspecified atom stereocenters. The number of aliphatic imine (C=N–C) groups is 1. The van der Waals surface area contributed by atoms with Crippen molar-refractivity contribution in [2.24, 2.45) is 4.99 Å². The van der Waals surface area contributed by atoms with E-state index >= 15 is 0 Å². The van der Waals surface area contributed by atoms with Crippen LogP contribution in [0.5, 0.6) is 11.5 Å². The number of methoxy groups -OCH3 is 1. The maximum Gasteiger partial charge on any atom is 0.363 e. The molecule has 0 aromatic heterocycles. The van der Waals surface area contributed by atoms with E-state index in [4.69, 9.17) is 25.8 Å². The van der Waals surface area contributed by atoms with Crippen LogP contribution in [0.4, 0.5) is 0 Å². The number of cyclic esters (lactones) is 1. The number of ether oxygens (including phenoxy) is 3. The Morgan fingerprint density at radius 2 is 1.93 bits per heavy atom. The van der Waals surface area contributed by atoms with E-state index in [9.17, 15) is 4.79 Å². The second-order valence-corrected chi connectivity index (χ2v) is 6.94. The van der Waals surface area contributed by atoms with Gasteiger partial charge in [-0.25, -0.2) is 9.79 Å². The lowest BCUT2D eigenvalue weighted by Crippen LogP contribution is -2.05. The van der Waals surface area contributed by atoms with Crippen LogP contribution in [-0.4, -0.2) is 25.6 Å². The summed E-state index contributed by atoms with van der Waals surface area (Å²) in [4.78, 5) is 16.7. The average molecular weight is 420 g/mol. The number of benzene rings is 3. The summed E-state index contributed by atoms with van der Waals surface area (Å²) in [5.41, 5.74) is 1.54. The van der Waals surface area contributed by atoms with Crippen molar-refractivity contribution >= 4 is 40.3 Å². The van der Waals surface area contributed by atoms with Crippen LogP contribution in [0.15, 0.2) is 77.9 Å². The monoisotopic (exact) mass is 419 g/mol. The summed E-state index contributed by atoms with van der Waals surface area (Å²) < 4.78 is 16.3. The van der Waals surface area contributed by atoms with E-state index in [1.54, 1.807) is 24.3 Å². The molecule has 0 saturated heterocycles. The van der Waals surface area contributed by atoms with E-state index in [2.05, 4.69) is 11.6 Å². The summed E-state index contributed by atoms with van der Waals surface area (Å²) in [6.07, 6.45) is 3.21. The van der Waals surface area contributed by atoms with E-state index in [1.165, 1.54) is 7.11 Å². The Labute approximate surface area is 178 Å². The van der Waals surface area contributed by atoms with E-state index in [-0.39, 0.29) is 11.6 Å². The summed E-state index contributed by atoms with van der Waals surface area (Å²) in [7, 11) is 1.52. The van der Waals surface area contributed by atoms with Gasteiger partial charge in [0, 0.05) is 5.56 Å². The number of carbonyl (C=O) groups is 1. The number of hydrogen-bond acceptors (Lipinski definition) is 5. The number of rotatable bonds is 6. The van der Waals surface area contributed by atoms with Crippen molar-refractivity contribution in [2.45, 2.75) is 0 Å². The minimum atomic E-state index is -0.528. The second-order valence-electron chi connectivity index (χ2n) is 6.53. The first kappa shape index (κ1) is 19.7. The molecule has 3 aromatic rings. The SMILES string of the molecule is C=CCOc1c(Cl)cc(/C=C2\N=C(c3ccc4ccccc4c3)OC2=O)cc1OC. The minimum absolute atomic E-state index is 0.177. The van der Waals surface area contributed by atoms with Gasteiger partial charge in [-0.1, -0.05) is 54.6 Å². The van der Waals surface area contributed by atoms with Crippen LogP contribution < -0.4 is 9.47 Å². The van der Waals surface area contributed by atoms with Crippen LogP contribution in [0.2, 0.25) is 5.02 Å². The Balaban J connectivity index is 1.68. The van der Waals surface area contributed by atoms with Gasteiger partial charge in [-0.05, 0) is 46.7 Å². The van der Waals surface area contributed by atoms with Gasteiger partial charge in [-0.3, -0.25) is 0 Å². The van der Waals surface area contributed by atoms with Gasteiger partial charge in [0.2, 0.25) is 5.90 Å². The molecule has 0 N–H and O–H groups in total. The minimum Gasteiger partial charge on any atom is -0.493 e. The number of fused-ring (bicyclic) bond motifs is 1. The lowest BCUT2D eigenvalue weighted by molar-refractivity contribution is -0.129. The van der Waals surface area contributed by atoms with Gasteiger partial charge in [0.1, 0.15) is 6.61 Å². The van der Waals surface area contributed by atoms with Gasteiger partial charge >= 0.3 is 5.97 Å². The van der Waals surface area contributed by atoms with Crippen LogP contribution >= 0.6 is 11.6 Å². The Morgan fingerprint density at radius 3 is 2.70 bits per heavy atom. The van der Waals surface area contributed by atoms with Crippen molar-refractivity contribution in [3.63, 3.8) is 0 Å². The van der Waals surface area contributed by atoms with Gasteiger partial charge in [0.25, 0.3) is 0 Å². The quantitative estimate of drug-likeness (QED) is 0.304. The number of nitrogens with zero attached hydrogens (tertiary/aromatic N) is 1. The highest BCUT2D eigenvalue weighted by Gasteiger charge is 2.24. The van der Waals surface area contributed by atoms with Crippen molar-refractivity contribution in [1.29, 1.82) is 0 Å². The molecule has 0 aliphatic carbocycles. The first-order valence-electron chi connectivity index (χ1n) is 9.22. The Morgan fingerprint density at radius 1 is 1.13 bits per heavy atom. The first-order chi connectivity index (χ1) is 14.6. The van der Waals surface area contributed by atoms with E-state index in [0.717, 1.165) is 16.3 Å². The molecule has 30 heavy (non-hydrogen) atoms. The van der Waals surface area contributed by atoms with Gasteiger partial charge in [-0.15, -0.1) is 0 Å². The molecule has 1 aliphatic rings. The third-order valence-electron chi connectivity index (χ3n) is 4.52. The highest BCUT2D eigenvalue weighted by atomic mass is 35.5. The molecule has 3 aromatic carbocycles. The van der Waals surface area contributed by atoms with Crippen LogP contribution in [0.3, 0.4) is 0 Å². The predicted molar refractivity (Wildman–Crippen MR) is 118 cm³/mol. The molecule has 0 saturated carbocycles. The van der Waals surface area contributed by atoms with Crippen molar-refractivity contribution in [3.8, 4) is 11.5 Å². The van der Waals surface area contributed by atoms with Crippen LogP contribution in [0, 0.1) is 0 Å². The molecule has 5 nitrogen and oxygen atoms in total. The zero-order valence-electron chi connectivity index (χ0n) is 16.2. The molecule has 0 radical (unpaired) electrons. The Hall–Kier alpha value is -3.57. The number of hydrogen-bond donors (Lipinski definition) is 0. The Kier molecular flexibility index (Phi) is 5.55. The predicted octanol–water partition coefficient (Wildman–Crippen LogP) is 5.41. The summed E-state index contributed by atoms with van der Waals surface area (Å²) in [5, 5.41) is 2.49. The zero-order valence-corrected chi connectivity index (χ0v) is 17.0. The Bertz CT molecular complexity index is 1210. The molecule has 0 fully saturated rings. The summed E-state index contributed by atoms with van der Waals surface area (Å²) in [5.74, 6) is 0.595. The first-order valence-corrected chi connectivity index (χ1v) is 9.60. The molecule has 0 bridgehead atoms. The summed E-state index contributed by atoms with van der Waals surface area (Å²) in [6, 6.07) is 17.1. The van der Waals surface area contributed by atoms with Crippen molar-refractivity contribution in [1.82, 2.24) is 0 Å². The molecule has 1 heterocycles. The fourth-order valence-electron chi connectivity index (χ4n) is 3.12. The highest BCUT2D eigenvalue weighted by molar-refractivity contribution is 6.32. The summed E-state index contributed by atoms with van der Waals surface area (Å²) >= 11 is 6.33. The molecule has 0 amide bonds. The van der Waals surface area contributed by atoms with Crippen molar-refractivity contribution in [2.75, 3.05) is 13.7 Å². The normalized spacial score (nSPS) is 14.5. The van der Waals surface area contributed by atoms with E-state index in [1.807, 2.05) is 42.5 Å². The third kappa shape index (κ3) is 3.93. The van der Waals surface area contributed by atoms with Gasteiger partial charge < -0.3 is 14.2 Å². The number of carbonyl (C=O) groups excluding carboxylic acids is 1. The van der Waals surface area contributed by atoms with Crippen molar-refractivity contribution < 1.29 is 19.0 Å². The maximum atomic E-state index is 12.4. The molecule has 0 spiro atoms. The average Bonchev–Trinajstić information content (AvgIpc) is 3.12. The lowest BCUT2D eigenvalue weighted by Gasteiger charge is -2.12. The van der Waals surface area contributed by atoms with Crippen LogP contribution in [-0.2, 0) is 9.53 Å². The molecular formula is C24H18ClNO4. The highest BCUT2D eigenvalue weighted by Crippen LogP contribution is 2.37. The summed E-state index contributed by atoms with van der Waals surface area (Å²) in [6.45, 7) is 3.91. The van der Waals surface area contributed by atoms with Crippen LogP contribution in [0.1, 0.15) is 11.1 Å². The smallest absolute Gasteiger partial charge is 0.363 e. The fourth-order valence-corrected chi connectivity index (χ4v) is 3.39. The zero-order chi connectivity index (χ0) is 21.1. The standard InChI is InChI=1S/C24H18ClNO4/c1-3-10-29-22-19(25)11-15(13-21(22)28-2)12-20-24(27)30-23(26-20)18-9-8-16-6-4-5-7-17(16)14-18/h3-9,11-14H,1,10H2,2H3/b20-12-. The third-order valence-corrected chi connectivity index (χ3v) is 4.80. The lowest BCUT2D eigenvalue weighted by atomic mass is 10.1. The van der Waals surface area contributed by atoms with Gasteiger partial charge in [-0.2, -0.15) is 0 Å². The van der Waals surface area contributed by atoms with Gasteiger partial charge in [0.15, 0.2) is 17.2 Å². The molecule has 150 valence electrons. The molecule has 1 aliphatic heterocycles. The topological polar surface area (TPSA) is 57.1 Å². The van der Waals surface area contributed by atoms with Gasteiger partial charge in [0.05, 0.1) is 12.1 Å². The molecule has 6 heteroatoms. The number of esters is 1. The largest absolute Gasteiger partial charge is 0.493 e. The number of halogens is 1. The molecular weight excluding hydrogens is 402 g/mol. The molecule has 0 atom stereocenters. The second kappa shape index (κ2) is 8.43. The maximum absolute atomic E-state index is 12.4. The van der Waals surface area contributed by atoms with E-state index < -0.39 is 5.97 Å². The molecule has 4 rings (SSSR count). The fraction of sp³-hybridized carbons (Fsp3) is 0.0833. The van der Waals surface area contributed by atoms with Crippen molar-refractivity contribution in [3.05, 3.63) is 89.1 Å².